The molecule has 0 heterocycles. The molecule has 1 N–H and O–H groups in total. The van der Waals surface area contributed by atoms with Gasteiger partial charge in [0.15, 0.2) is 6.10 Å². The Balaban J connectivity index is 4.18. The van der Waals surface area contributed by atoms with E-state index in [1.807, 2.05) is 21.1 Å². The van der Waals surface area contributed by atoms with Gasteiger partial charge < -0.3 is 28.5 Å². The van der Waals surface area contributed by atoms with Crippen LogP contribution < -0.4 is 0 Å². The molecule has 9 nitrogen and oxygen atoms in total. The van der Waals surface area contributed by atoms with Gasteiger partial charge in [0.05, 0.1) is 34.4 Å². The van der Waals surface area contributed by atoms with Gasteiger partial charge in [-0.25, -0.2) is 4.79 Å². The van der Waals surface area contributed by atoms with Gasteiger partial charge in [-0.3, -0.25) is 9.59 Å². The molecule has 0 saturated carbocycles. The van der Waals surface area contributed by atoms with Crippen molar-refractivity contribution in [2.75, 3.05) is 47.5 Å². The molecule has 420 valence electrons. The third-order valence-electron chi connectivity index (χ3n) is 13.3. The molecule has 0 saturated heterocycles. The molecular formula is C63H116NO8+. The molecule has 0 aliphatic heterocycles. The number of allylic oxidation sites excluding steroid dienone is 8. The van der Waals surface area contributed by atoms with Crippen LogP contribution in [0.5, 0.6) is 0 Å². The Morgan fingerprint density at radius 3 is 1.18 bits per heavy atom. The van der Waals surface area contributed by atoms with Crippen LogP contribution in [0.25, 0.3) is 0 Å². The lowest BCUT2D eigenvalue weighted by Gasteiger charge is -2.25. The first-order chi connectivity index (χ1) is 35.1. The lowest BCUT2D eigenvalue weighted by atomic mass is 10.0. The van der Waals surface area contributed by atoms with E-state index in [2.05, 4.69) is 62.5 Å². The quantitative estimate of drug-likeness (QED) is 0.0211. The Kier molecular flexibility index (Phi) is 52.4. The summed E-state index contributed by atoms with van der Waals surface area (Å²) in [6, 6.07) is 0. The number of aliphatic carboxylic acids is 1. The van der Waals surface area contributed by atoms with Gasteiger partial charge in [-0.1, -0.05) is 262 Å². The maximum atomic E-state index is 12.9. The first kappa shape index (κ1) is 69.2. The maximum Gasteiger partial charge on any atom is 0.361 e. The number of hydrogen-bond donors (Lipinski definition) is 1. The summed E-state index contributed by atoms with van der Waals surface area (Å²) in [5, 5.41) is 9.71. The molecule has 0 aliphatic rings. The van der Waals surface area contributed by atoms with Crippen LogP contribution in [0, 0.1) is 0 Å². The fraction of sp³-hybridized carbons (Fsp3) is 0.825. The Bertz CT molecular complexity index is 1320. The van der Waals surface area contributed by atoms with Gasteiger partial charge in [0.1, 0.15) is 13.2 Å². The Morgan fingerprint density at radius 2 is 0.792 bits per heavy atom. The number of hydrogen-bond acceptors (Lipinski definition) is 7. The van der Waals surface area contributed by atoms with Crippen LogP contribution in [0.3, 0.4) is 0 Å². The highest BCUT2D eigenvalue weighted by Gasteiger charge is 2.25. The molecule has 0 aromatic rings. The number of carbonyl (C=O) groups excluding carboxylic acids is 2. The van der Waals surface area contributed by atoms with Gasteiger partial charge in [0.25, 0.3) is 6.29 Å². The second-order valence-corrected chi connectivity index (χ2v) is 21.6. The second-order valence-electron chi connectivity index (χ2n) is 21.6. The molecule has 0 bridgehead atoms. The average molecular weight is 1020 g/mol. The van der Waals surface area contributed by atoms with Crippen molar-refractivity contribution in [2.24, 2.45) is 0 Å². The summed E-state index contributed by atoms with van der Waals surface area (Å²) < 4.78 is 22.9. The molecule has 9 heteroatoms. The molecule has 0 radical (unpaired) electrons. The van der Waals surface area contributed by atoms with Crippen LogP contribution in [0.1, 0.15) is 277 Å². The van der Waals surface area contributed by atoms with E-state index < -0.39 is 24.3 Å². The molecule has 0 aromatic heterocycles. The molecule has 0 aromatic carbocycles. The standard InChI is InChI=1S/C63H115NO8/c1-6-8-10-12-14-16-18-20-22-24-26-28-29-30-31-32-33-34-36-38-40-42-44-46-48-50-52-54-61(66)72-59(58-71-63(62(67)68)69-56-55-64(3,4)5)57-70-60(65)53-51-49-47-45-43-41-39-37-35-27-25-23-21-19-17-15-13-11-9-7-2/h8,10,14,16,20,22,26,28,59,63H,6-7,9,11-13,15,17-19,21,23-25,27,29-58H2,1-5H3/p+1/b10-8-,16-14-,22-20-,28-26-. The number of nitrogens with zero attached hydrogens (tertiary/aromatic N) is 1. The van der Waals surface area contributed by atoms with E-state index in [1.165, 1.54) is 186 Å². The summed E-state index contributed by atoms with van der Waals surface area (Å²) in [6.07, 6.45) is 64.8. The van der Waals surface area contributed by atoms with E-state index in [1.54, 1.807) is 0 Å². The van der Waals surface area contributed by atoms with E-state index in [0.29, 0.717) is 17.4 Å². The lowest BCUT2D eigenvalue weighted by Crippen LogP contribution is -2.40. The zero-order valence-corrected chi connectivity index (χ0v) is 47.8. The maximum absolute atomic E-state index is 12.9. The van der Waals surface area contributed by atoms with Gasteiger partial charge in [-0.05, 0) is 51.4 Å². The number of ether oxygens (including phenoxy) is 4. The lowest BCUT2D eigenvalue weighted by molar-refractivity contribution is -0.870. The SMILES string of the molecule is CC/C=C\C/C=C\C/C=C\C/C=C\CCCCCCCCCCCCCCCCC(=O)OC(COC(=O)CCCCCCCCCCCCCCCCCCCCCC)COC(OCC[N+](C)(C)C)C(=O)O. The predicted molar refractivity (Wildman–Crippen MR) is 304 cm³/mol. The normalized spacial score (nSPS) is 13.1. The second kappa shape index (κ2) is 54.5. The number of likely N-dealkylation sites (N-methyl/N-ethyl adjacent to an activating group) is 1. The number of esters is 2. The summed E-state index contributed by atoms with van der Waals surface area (Å²) in [7, 11) is 5.98. The zero-order chi connectivity index (χ0) is 52.7. The van der Waals surface area contributed by atoms with Crippen molar-refractivity contribution in [1.82, 2.24) is 0 Å². The van der Waals surface area contributed by atoms with Crippen LogP contribution in [-0.2, 0) is 33.3 Å². The van der Waals surface area contributed by atoms with E-state index in [4.69, 9.17) is 18.9 Å². The Morgan fingerprint density at radius 1 is 0.431 bits per heavy atom. The highest BCUT2D eigenvalue weighted by Crippen LogP contribution is 2.17. The third-order valence-corrected chi connectivity index (χ3v) is 13.3. The predicted octanol–water partition coefficient (Wildman–Crippen LogP) is 17.9. The molecule has 2 unspecified atom stereocenters. The van der Waals surface area contributed by atoms with Gasteiger partial charge in [0, 0.05) is 12.8 Å². The first-order valence-corrected chi connectivity index (χ1v) is 30.3. The minimum absolute atomic E-state index is 0.178. The zero-order valence-electron chi connectivity index (χ0n) is 47.8. The Hall–Kier alpha value is -2.75. The van der Waals surface area contributed by atoms with Gasteiger partial charge in [-0.2, -0.15) is 0 Å². The molecular weight excluding hydrogens is 899 g/mol. The number of rotatable bonds is 56. The summed E-state index contributed by atoms with van der Waals surface area (Å²) >= 11 is 0. The smallest absolute Gasteiger partial charge is 0.361 e. The van der Waals surface area contributed by atoms with Crippen LogP contribution >= 0.6 is 0 Å². The van der Waals surface area contributed by atoms with Crippen molar-refractivity contribution < 1.29 is 42.9 Å². The molecule has 0 amide bonds. The van der Waals surface area contributed by atoms with E-state index >= 15 is 0 Å². The van der Waals surface area contributed by atoms with Crippen molar-refractivity contribution in [2.45, 2.75) is 289 Å². The topological polar surface area (TPSA) is 108 Å². The van der Waals surface area contributed by atoms with E-state index in [9.17, 15) is 19.5 Å². The van der Waals surface area contributed by atoms with Crippen molar-refractivity contribution in [3.8, 4) is 0 Å². The fourth-order valence-electron chi connectivity index (χ4n) is 8.71. The summed E-state index contributed by atoms with van der Waals surface area (Å²) in [6.45, 7) is 4.81. The molecule has 0 spiro atoms. The fourth-order valence-corrected chi connectivity index (χ4v) is 8.71. The highest BCUT2D eigenvalue weighted by atomic mass is 16.7. The van der Waals surface area contributed by atoms with Gasteiger partial charge in [0.2, 0.25) is 0 Å². The first-order valence-electron chi connectivity index (χ1n) is 30.3. The van der Waals surface area contributed by atoms with E-state index in [-0.39, 0.29) is 32.2 Å². The van der Waals surface area contributed by atoms with Crippen LogP contribution in [0.15, 0.2) is 48.6 Å². The number of carbonyl (C=O) groups is 3. The van der Waals surface area contributed by atoms with Crippen molar-refractivity contribution in [3.63, 3.8) is 0 Å². The van der Waals surface area contributed by atoms with Crippen molar-refractivity contribution in [3.05, 3.63) is 48.6 Å². The third kappa shape index (κ3) is 55.0. The molecule has 0 fully saturated rings. The minimum Gasteiger partial charge on any atom is -0.477 e. The van der Waals surface area contributed by atoms with Crippen molar-refractivity contribution >= 4 is 17.9 Å². The minimum atomic E-state index is -1.51. The molecule has 2 atom stereocenters. The largest absolute Gasteiger partial charge is 0.477 e. The molecule has 0 rings (SSSR count). The number of carboxylic acid groups (broad SMARTS) is 1. The van der Waals surface area contributed by atoms with Gasteiger partial charge in [-0.15, -0.1) is 0 Å². The van der Waals surface area contributed by atoms with Crippen molar-refractivity contribution in [1.29, 1.82) is 0 Å². The monoisotopic (exact) mass is 1010 g/mol. The Labute approximate surface area is 444 Å². The van der Waals surface area contributed by atoms with Crippen LogP contribution in [0.4, 0.5) is 0 Å². The van der Waals surface area contributed by atoms with E-state index in [0.717, 1.165) is 64.2 Å². The molecule has 0 aliphatic carbocycles. The molecule has 72 heavy (non-hydrogen) atoms. The van der Waals surface area contributed by atoms with Crippen LogP contribution in [-0.4, -0.2) is 87.4 Å². The van der Waals surface area contributed by atoms with Gasteiger partial charge >= 0.3 is 17.9 Å². The van der Waals surface area contributed by atoms with Crippen LogP contribution in [0.2, 0.25) is 0 Å². The number of unbranched alkanes of at least 4 members (excludes halogenated alkanes) is 33. The summed E-state index contributed by atoms with van der Waals surface area (Å²) in [5.41, 5.74) is 0. The highest BCUT2D eigenvalue weighted by molar-refractivity contribution is 5.71. The summed E-state index contributed by atoms with van der Waals surface area (Å²) in [5.74, 6) is -1.99. The number of quaternary nitrogens is 1. The average Bonchev–Trinajstić information content (AvgIpc) is 3.35. The number of carboxylic acids is 1. The summed E-state index contributed by atoms with van der Waals surface area (Å²) in [4.78, 5) is 37.5.